The molecule has 0 unspecified atom stereocenters. The summed E-state index contributed by atoms with van der Waals surface area (Å²) in [5, 5.41) is 2.72. The highest BCUT2D eigenvalue weighted by Crippen LogP contribution is 2.11. The van der Waals surface area contributed by atoms with Crippen LogP contribution >= 0.6 is 15.9 Å². The molecule has 1 N–H and O–H groups in total. The summed E-state index contributed by atoms with van der Waals surface area (Å²) < 4.78 is 5.87. The number of ether oxygens (including phenoxy) is 1. The van der Waals surface area contributed by atoms with E-state index in [4.69, 9.17) is 4.74 Å². The number of amides is 1. The van der Waals surface area contributed by atoms with E-state index >= 15 is 0 Å². The number of carbonyl (C=O) groups is 2. The van der Waals surface area contributed by atoms with Gasteiger partial charge in [0.1, 0.15) is 0 Å². The zero-order chi connectivity index (χ0) is 17.2. The molecule has 2 rings (SSSR count). The summed E-state index contributed by atoms with van der Waals surface area (Å²) in [4.78, 5) is 23.2. The van der Waals surface area contributed by atoms with Gasteiger partial charge in [0.15, 0.2) is 6.61 Å². The molecule has 2 aromatic rings. The van der Waals surface area contributed by atoms with E-state index in [0.717, 1.165) is 22.0 Å². The molecule has 1 amide bonds. The molecule has 0 radical (unpaired) electrons. The topological polar surface area (TPSA) is 55.4 Å². The molecule has 24 heavy (non-hydrogen) atoms. The van der Waals surface area contributed by atoms with Gasteiger partial charge in [-0.2, -0.15) is 0 Å². The minimum atomic E-state index is -0.545. The molecule has 5 heteroatoms. The van der Waals surface area contributed by atoms with Gasteiger partial charge in [-0.1, -0.05) is 58.4 Å². The Labute approximate surface area is 149 Å². The molecule has 0 heterocycles. The molecule has 0 atom stereocenters. The Balaban J connectivity index is 1.65. The van der Waals surface area contributed by atoms with Crippen molar-refractivity contribution in [1.29, 1.82) is 0 Å². The average Bonchev–Trinajstić information content (AvgIpc) is 2.60. The van der Waals surface area contributed by atoms with Crippen LogP contribution in [-0.4, -0.2) is 25.0 Å². The first-order chi connectivity index (χ1) is 11.6. The summed E-state index contributed by atoms with van der Waals surface area (Å²) in [6.07, 6.45) is 3.69. The maximum absolute atomic E-state index is 11.6. The second-order valence-electron chi connectivity index (χ2n) is 5.08. The van der Waals surface area contributed by atoms with Crippen LogP contribution in [0.15, 0.2) is 65.1 Å². The summed E-state index contributed by atoms with van der Waals surface area (Å²) in [7, 11) is 0. The molecule has 0 fully saturated rings. The lowest BCUT2D eigenvalue weighted by molar-refractivity contribution is -0.143. The second kappa shape index (κ2) is 9.67. The van der Waals surface area contributed by atoms with E-state index < -0.39 is 5.97 Å². The van der Waals surface area contributed by atoms with Crippen molar-refractivity contribution in [2.75, 3.05) is 13.2 Å². The third kappa shape index (κ3) is 6.79. The molecule has 0 saturated heterocycles. The fourth-order valence-electron chi connectivity index (χ4n) is 1.96. The van der Waals surface area contributed by atoms with E-state index in [1.54, 1.807) is 6.08 Å². The van der Waals surface area contributed by atoms with E-state index in [-0.39, 0.29) is 12.5 Å². The van der Waals surface area contributed by atoms with Gasteiger partial charge in [-0.15, -0.1) is 0 Å². The number of hydrogen-bond donors (Lipinski definition) is 1. The third-order valence-corrected chi connectivity index (χ3v) is 3.73. The molecule has 0 bridgehead atoms. The maximum atomic E-state index is 11.6. The zero-order valence-electron chi connectivity index (χ0n) is 13.1. The standard InChI is InChI=1S/C19H18BrNO3/c20-17-9-6-16(7-10-17)8-11-19(23)24-14-18(22)21-13-12-15-4-2-1-3-5-15/h1-11H,12-14H2,(H,21,22)/b11-8+. The van der Waals surface area contributed by atoms with Gasteiger partial charge in [-0.25, -0.2) is 4.79 Å². The second-order valence-corrected chi connectivity index (χ2v) is 5.99. The lowest BCUT2D eigenvalue weighted by Gasteiger charge is -2.05. The van der Waals surface area contributed by atoms with Gasteiger partial charge in [-0.3, -0.25) is 4.79 Å². The highest BCUT2D eigenvalue weighted by atomic mass is 79.9. The van der Waals surface area contributed by atoms with Crippen molar-refractivity contribution in [3.63, 3.8) is 0 Å². The smallest absolute Gasteiger partial charge is 0.331 e. The number of benzene rings is 2. The van der Waals surface area contributed by atoms with Crippen molar-refractivity contribution in [1.82, 2.24) is 5.32 Å². The van der Waals surface area contributed by atoms with Crippen molar-refractivity contribution in [2.24, 2.45) is 0 Å². The Hall–Kier alpha value is -2.40. The number of rotatable bonds is 7. The van der Waals surface area contributed by atoms with Gasteiger partial charge < -0.3 is 10.1 Å². The Morgan fingerprint density at radius 3 is 2.46 bits per heavy atom. The van der Waals surface area contributed by atoms with Crippen LogP contribution in [0, 0.1) is 0 Å². The van der Waals surface area contributed by atoms with E-state index in [0.29, 0.717) is 6.54 Å². The fraction of sp³-hybridized carbons (Fsp3) is 0.158. The number of esters is 1. The van der Waals surface area contributed by atoms with Gasteiger partial charge >= 0.3 is 5.97 Å². The molecule has 0 aromatic heterocycles. The lowest BCUT2D eigenvalue weighted by atomic mass is 10.1. The van der Waals surface area contributed by atoms with Gasteiger partial charge in [0.25, 0.3) is 5.91 Å². The summed E-state index contributed by atoms with van der Waals surface area (Å²) in [5.74, 6) is -0.854. The van der Waals surface area contributed by atoms with Crippen LogP contribution in [0.1, 0.15) is 11.1 Å². The molecule has 0 aliphatic rings. The lowest BCUT2D eigenvalue weighted by Crippen LogP contribution is -2.30. The largest absolute Gasteiger partial charge is 0.452 e. The normalized spacial score (nSPS) is 10.5. The van der Waals surface area contributed by atoms with Crippen molar-refractivity contribution < 1.29 is 14.3 Å². The summed E-state index contributed by atoms with van der Waals surface area (Å²) in [6.45, 7) is 0.230. The first kappa shape index (κ1) is 17.9. The van der Waals surface area contributed by atoms with E-state index in [1.165, 1.54) is 6.08 Å². The van der Waals surface area contributed by atoms with Crippen LogP contribution in [0.3, 0.4) is 0 Å². The van der Waals surface area contributed by atoms with Crippen LogP contribution in [-0.2, 0) is 20.7 Å². The molecular formula is C19H18BrNO3. The Morgan fingerprint density at radius 1 is 1.04 bits per heavy atom. The molecular weight excluding hydrogens is 370 g/mol. The van der Waals surface area contributed by atoms with E-state index in [2.05, 4.69) is 21.2 Å². The minimum Gasteiger partial charge on any atom is -0.452 e. The zero-order valence-corrected chi connectivity index (χ0v) is 14.7. The third-order valence-electron chi connectivity index (χ3n) is 3.21. The van der Waals surface area contributed by atoms with Crippen LogP contribution in [0.2, 0.25) is 0 Å². The van der Waals surface area contributed by atoms with Crippen LogP contribution in [0.25, 0.3) is 6.08 Å². The summed E-state index contributed by atoms with van der Waals surface area (Å²) in [6, 6.07) is 17.3. The van der Waals surface area contributed by atoms with Crippen molar-refractivity contribution in [2.45, 2.75) is 6.42 Å². The van der Waals surface area contributed by atoms with Crippen molar-refractivity contribution >= 4 is 33.9 Å². The predicted octanol–water partition coefficient (Wildman–Crippen LogP) is 3.36. The van der Waals surface area contributed by atoms with Gasteiger partial charge in [-0.05, 0) is 35.8 Å². The van der Waals surface area contributed by atoms with Crippen molar-refractivity contribution in [3.05, 3.63) is 76.3 Å². The van der Waals surface area contributed by atoms with Crippen LogP contribution < -0.4 is 5.32 Å². The SMILES string of the molecule is O=C(COC(=O)/C=C/c1ccc(Br)cc1)NCCc1ccccc1. The molecule has 2 aromatic carbocycles. The van der Waals surface area contributed by atoms with E-state index in [9.17, 15) is 9.59 Å². The van der Waals surface area contributed by atoms with Gasteiger partial charge in [0.2, 0.25) is 0 Å². The first-order valence-corrected chi connectivity index (χ1v) is 8.34. The van der Waals surface area contributed by atoms with Crippen molar-refractivity contribution in [3.8, 4) is 0 Å². The minimum absolute atomic E-state index is 0.279. The monoisotopic (exact) mass is 387 g/mol. The van der Waals surface area contributed by atoms with Gasteiger partial charge in [0, 0.05) is 17.1 Å². The quantitative estimate of drug-likeness (QED) is 0.585. The predicted molar refractivity (Wildman–Crippen MR) is 97.3 cm³/mol. The Bertz CT molecular complexity index is 696. The Morgan fingerprint density at radius 2 is 1.75 bits per heavy atom. The molecule has 0 aliphatic heterocycles. The number of hydrogen-bond acceptors (Lipinski definition) is 3. The molecule has 0 spiro atoms. The maximum Gasteiger partial charge on any atom is 0.331 e. The van der Waals surface area contributed by atoms with Gasteiger partial charge in [0.05, 0.1) is 0 Å². The number of halogens is 1. The first-order valence-electron chi connectivity index (χ1n) is 7.54. The van der Waals surface area contributed by atoms with E-state index in [1.807, 2.05) is 54.6 Å². The number of carbonyl (C=O) groups excluding carboxylic acids is 2. The highest BCUT2D eigenvalue weighted by molar-refractivity contribution is 9.10. The number of nitrogens with one attached hydrogen (secondary N) is 1. The highest BCUT2D eigenvalue weighted by Gasteiger charge is 2.04. The van der Waals surface area contributed by atoms with Crippen LogP contribution in [0.5, 0.6) is 0 Å². The Kier molecular flexibility index (Phi) is 7.23. The fourth-order valence-corrected chi connectivity index (χ4v) is 2.23. The molecule has 124 valence electrons. The van der Waals surface area contributed by atoms with Crippen LogP contribution in [0.4, 0.5) is 0 Å². The molecule has 0 saturated carbocycles. The summed E-state index contributed by atoms with van der Waals surface area (Å²) in [5.41, 5.74) is 2.02. The average molecular weight is 388 g/mol. The molecule has 4 nitrogen and oxygen atoms in total. The summed E-state index contributed by atoms with van der Waals surface area (Å²) >= 11 is 3.34. The molecule has 0 aliphatic carbocycles.